The highest BCUT2D eigenvalue weighted by Crippen LogP contribution is 2.26. The molecule has 0 aliphatic carbocycles. The maximum atomic E-state index is 12.7. The molecule has 0 spiro atoms. The number of carbonyl (C=O) groups excluding carboxylic acids is 2. The molecule has 8 heteroatoms. The number of anilines is 1. The van der Waals surface area contributed by atoms with Gasteiger partial charge in [0, 0.05) is 24.3 Å². The van der Waals surface area contributed by atoms with Gasteiger partial charge in [-0.1, -0.05) is 0 Å². The lowest BCUT2D eigenvalue weighted by molar-refractivity contribution is 0.0764. The third-order valence-electron chi connectivity index (χ3n) is 4.93. The van der Waals surface area contributed by atoms with Gasteiger partial charge in [-0.25, -0.2) is 13.2 Å². The van der Waals surface area contributed by atoms with Crippen LogP contribution >= 0.6 is 0 Å². The summed E-state index contributed by atoms with van der Waals surface area (Å²) >= 11 is 0. The largest absolute Gasteiger partial charge is 0.447 e. The predicted molar refractivity (Wildman–Crippen MR) is 93.5 cm³/mol. The molecule has 2 aliphatic rings. The third-order valence-corrected chi connectivity index (χ3v) is 7.54. The quantitative estimate of drug-likeness (QED) is 0.795. The van der Waals surface area contributed by atoms with Crippen molar-refractivity contribution in [3.63, 3.8) is 0 Å². The summed E-state index contributed by atoms with van der Waals surface area (Å²) in [4.78, 5) is 27.4. The molecule has 2 fully saturated rings. The molecule has 0 radical (unpaired) electrons. The summed E-state index contributed by atoms with van der Waals surface area (Å²) in [6.07, 6.45) is 0.0257. The summed E-state index contributed by atoms with van der Waals surface area (Å²) in [5.41, 5.74) is 1.16. The third kappa shape index (κ3) is 3.35. The number of carbonyl (C=O) groups is 2. The van der Waals surface area contributed by atoms with Crippen LogP contribution in [-0.4, -0.2) is 62.1 Å². The maximum absolute atomic E-state index is 12.7. The molecule has 0 unspecified atom stereocenters. The molecule has 3 rings (SSSR count). The molecule has 2 heterocycles. The molecule has 0 bridgehead atoms. The van der Waals surface area contributed by atoms with Gasteiger partial charge < -0.3 is 9.64 Å². The average molecular weight is 366 g/mol. The number of rotatable bonds is 2. The Balaban J connectivity index is 1.74. The number of cyclic esters (lactones) is 1. The van der Waals surface area contributed by atoms with Crippen LogP contribution in [0.15, 0.2) is 24.3 Å². The molecule has 2 amide bonds. The van der Waals surface area contributed by atoms with Gasteiger partial charge in [0.25, 0.3) is 5.91 Å². The van der Waals surface area contributed by atoms with Gasteiger partial charge in [-0.15, -0.1) is 0 Å². The predicted octanol–water partition coefficient (Wildman–Crippen LogP) is 1.68. The van der Waals surface area contributed by atoms with Crippen molar-refractivity contribution in [3.05, 3.63) is 29.8 Å². The Morgan fingerprint density at radius 1 is 1.12 bits per heavy atom. The molecule has 25 heavy (non-hydrogen) atoms. The topological polar surface area (TPSA) is 84.0 Å². The fourth-order valence-electron chi connectivity index (χ4n) is 2.98. The minimum Gasteiger partial charge on any atom is -0.447 e. The summed E-state index contributed by atoms with van der Waals surface area (Å²) in [5, 5.41) is 0. The number of sulfone groups is 1. The van der Waals surface area contributed by atoms with Crippen molar-refractivity contribution >= 4 is 27.5 Å². The van der Waals surface area contributed by atoms with E-state index >= 15 is 0 Å². The minimum absolute atomic E-state index is 0.0244. The van der Waals surface area contributed by atoms with Gasteiger partial charge in [-0.2, -0.15) is 0 Å². The number of nitrogens with zero attached hydrogens (tertiary/aromatic N) is 2. The second-order valence-corrected chi connectivity index (χ2v) is 9.68. The summed E-state index contributed by atoms with van der Waals surface area (Å²) < 4.78 is 28.6. The Morgan fingerprint density at radius 3 is 2.40 bits per heavy atom. The second kappa shape index (κ2) is 6.33. The zero-order valence-electron chi connectivity index (χ0n) is 14.4. The van der Waals surface area contributed by atoms with Crippen molar-refractivity contribution in [2.24, 2.45) is 0 Å². The Labute approximate surface area is 147 Å². The molecule has 0 N–H and O–H groups in total. The minimum atomic E-state index is -3.22. The maximum Gasteiger partial charge on any atom is 0.414 e. The van der Waals surface area contributed by atoms with Gasteiger partial charge in [0.15, 0.2) is 9.84 Å². The van der Waals surface area contributed by atoms with Gasteiger partial charge >= 0.3 is 6.09 Å². The highest BCUT2D eigenvalue weighted by atomic mass is 32.2. The molecule has 136 valence electrons. The van der Waals surface area contributed by atoms with Crippen LogP contribution in [0.25, 0.3) is 0 Å². The van der Waals surface area contributed by atoms with Crippen LogP contribution in [0.2, 0.25) is 0 Å². The average Bonchev–Trinajstić information content (AvgIpc) is 2.96. The van der Waals surface area contributed by atoms with Crippen LogP contribution < -0.4 is 4.90 Å². The summed E-state index contributed by atoms with van der Waals surface area (Å²) in [6, 6.07) is 6.73. The smallest absolute Gasteiger partial charge is 0.414 e. The number of hydrogen-bond acceptors (Lipinski definition) is 5. The first-order valence-corrected chi connectivity index (χ1v) is 9.92. The monoisotopic (exact) mass is 366 g/mol. The molecular formula is C17H22N2O5S. The van der Waals surface area contributed by atoms with E-state index in [9.17, 15) is 18.0 Å². The summed E-state index contributed by atoms with van der Waals surface area (Å²) in [7, 11) is -3.22. The van der Waals surface area contributed by atoms with Gasteiger partial charge in [-0.3, -0.25) is 9.69 Å². The van der Waals surface area contributed by atoms with Crippen molar-refractivity contribution in [1.29, 1.82) is 0 Å². The highest BCUT2D eigenvalue weighted by molar-refractivity contribution is 7.92. The van der Waals surface area contributed by atoms with Gasteiger partial charge in [-0.05, 0) is 44.5 Å². The lowest BCUT2D eigenvalue weighted by Crippen LogP contribution is -2.33. The first-order valence-electron chi connectivity index (χ1n) is 8.27. The molecule has 2 aliphatic heterocycles. The van der Waals surface area contributed by atoms with E-state index < -0.39 is 14.6 Å². The van der Waals surface area contributed by atoms with Crippen molar-refractivity contribution in [1.82, 2.24) is 4.90 Å². The summed E-state index contributed by atoms with van der Waals surface area (Å²) in [6.45, 7) is 4.87. The van der Waals surface area contributed by atoms with Crippen molar-refractivity contribution in [2.75, 3.05) is 36.9 Å². The van der Waals surface area contributed by atoms with E-state index in [1.807, 2.05) is 0 Å². The zero-order chi connectivity index (χ0) is 18.2. The SMILES string of the molecule is CC1(C)CCN(C(=O)c2ccc(N3CCOC3=O)cc2)CCS1(=O)=O. The fraction of sp³-hybridized carbons (Fsp3) is 0.529. The van der Waals surface area contributed by atoms with Crippen LogP contribution in [0.5, 0.6) is 0 Å². The fourth-order valence-corrected chi connectivity index (χ4v) is 4.39. The van der Waals surface area contributed by atoms with Crippen LogP contribution in [0.3, 0.4) is 0 Å². The van der Waals surface area contributed by atoms with Crippen LogP contribution in [0, 0.1) is 0 Å². The normalized spacial score (nSPS) is 22.4. The summed E-state index contributed by atoms with van der Waals surface area (Å²) in [5.74, 6) is -0.216. The van der Waals surface area contributed by atoms with Crippen molar-refractivity contribution in [3.8, 4) is 0 Å². The van der Waals surface area contributed by atoms with E-state index in [0.717, 1.165) is 0 Å². The van der Waals surface area contributed by atoms with E-state index in [0.29, 0.717) is 37.4 Å². The van der Waals surface area contributed by atoms with E-state index in [-0.39, 0.29) is 24.3 Å². The molecule has 1 aromatic rings. The Bertz CT molecular complexity index is 786. The number of amides is 2. The Kier molecular flexibility index (Phi) is 4.49. The van der Waals surface area contributed by atoms with Crippen LogP contribution in [0.1, 0.15) is 30.6 Å². The second-order valence-electron chi connectivity index (χ2n) is 6.93. The van der Waals surface area contributed by atoms with Crippen molar-refractivity contribution < 1.29 is 22.7 Å². The van der Waals surface area contributed by atoms with E-state index in [1.54, 1.807) is 43.0 Å². The van der Waals surface area contributed by atoms with E-state index in [4.69, 9.17) is 4.74 Å². The Hall–Kier alpha value is -2.09. The van der Waals surface area contributed by atoms with E-state index in [1.165, 1.54) is 4.90 Å². The molecular weight excluding hydrogens is 344 g/mol. The zero-order valence-corrected chi connectivity index (χ0v) is 15.2. The molecule has 7 nitrogen and oxygen atoms in total. The molecule has 2 saturated heterocycles. The molecule has 0 aromatic heterocycles. The first kappa shape index (κ1) is 17.7. The molecule has 0 saturated carbocycles. The molecule has 1 aromatic carbocycles. The standard InChI is InChI=1S/C17H22N2O5S/c1-17(2)7-8-18(10-12-25(17,22)23)15(20)13-3-5-14(6-4-13)19-9-11-24-16(19)21/h3-6H,7-12H2,1-2H3. The molecule has 0 atom stereocenters. The lowest BCUT2D eigenvalue weighted by Gasteiger charge is -2.22. The first-order chi connectivity index (χ1) is 11.7. The number of benzene rings is 1. The van der Waals surface area contributed by atoms with E-state index in [2.05, 4.69) is 0 Å². The number of hydrogen-bond donors (Lipinski definition) is 0. The van der Waals surface area contributed by atoms with Gasteiger partial charge in [0.2, 0.25) is 0 Å². The highest BCUT2D eigenvalue weighted by Gasteiger charge is 2.38. The van der Waals surface area contributed by atoms with Crippen LogP contribution in [-0.2, 0) is 14.6 Å². The number of ether oxygens (including phenoxy) is 1. The van der Waals surface area contributed by atoms with Crippen LogP contribution in [0.4, 0.5) is 10.5 Å². The van der Waals surface area contributed by atoms with Gasteiger partial charge in [0.1, 0.15) is 6.61 Å². The Morgan fingerprint density at radius 2 is 1.80 bits per heavy atom. The lowest BCUT2D eigenvalue weighted by atomic mass is 10.1. The van der Waals surface area contributed by atoms with Crippen molar-refractivity contribution in [2.45, 2.75) is 25.0 Å². The van der Waals surface area contributed by atoms with Gasteiger partial charge in [0.05, 0.1) is 17.0 Å².